The number of rotatable bonds is 3. The first-order valence-corrected chi connectivity index (χ1v) is 16.2. The van der Waals surface area contributed by atoms with E-state index in [4.69, 9.17) is 15.0 Å². The molecule has 214 valence electrons. The van der Waals surface area contributed by atoms with Crippen molar-refractivity contribution in [1.29, 1.82) is 0 Å². The van der Waals surface area contributed by atoms with E-state index in [1.54, 1.807) is 11.3 Å². The third-order valence-electron chi connectivity index (χ3n) is 9.04. The zero-order valence-corrected chi connectivity index (χ0v) is 25.4. The average Bonchev–Trinajstić information content (AvgIpc) is 3.67. The topological polar surface area (TPSA) is 43.6 Å². The monoisotopic (exact) mass is 604 g/mol. The van der Waals surface area contributed by atoms with Crippen LogP contribution in [0.5, 0.6) is 0 Å². The lowest BCUT2D eigenvalue weighted by Gasteiger charge is -2.11. The van der Waals surface area contributed by atoms with Gasteiger partial charge in [0, 0.05) is 42.1 Å². The van der Waals surface area contributed by atoms with E-state index in [2.05, 4.69) is 132 Å². The molecule has 3 aromatic heterocycles. The van der Waals surface area contributed by atoms with Gasteiger partial charge in [-0.05, 0) is 45.8 Å². The zero-order chi connectivity index (χ0) is 30.2. The predicted octanol–water partition coefficient (Wildman–Crippen LogP) is 11.0. The molecule has 5 heteroatoms. The third-order valence-corrected chi connectivity index (χ3v) is 10.2. The number of fused-ring (bicyclic) bond motifs is 10. The minimum absolute atomic E-state index is 0.603. The van der Waals surface area contributed by atoms with Crippen LogP contribution in [0.15, 0.2) is 146 Å². The highest BCUT2D eigenvalue weighted by molar-refractivity contribution is 7.25. The van der Waals surface area contributed by atoms with Crippen molar-refractivity contribution in [1.82, 2.24) is 19.5 Å². The van der Waals surface area contributed by atoms with Gasteiger partial charge in [0.2, 0.25) is 5.95 Å². The van der Waals surface area contributed by atoms with E-state index in [1.165, 1.54) is 52.5 Å². The number of thiophene rings is 1. The highest BCUT2D eigenvalue weighted by Crippen LogP contribution is 2.41. The molecule has 0 amide bonds. The lowest BCUT2D eigenvalue weighted by Crippen LogP contribution is -2.06. The molecule has 0 atom stereocenters. The summed E-state index contributed by atoms with van der Waals surface area (Å²) in [6.07, 6.45) is 0. The summed E-state index contributed by atoms with van der Waals surface area (Å²) in [5.41, 5.74) is 4.06. The van der Waals surface area contributed by atoms with Crippen molar-refractivity contribution >= 4 is 74.9 Å². The molecule has 7 aromatic carbocycles. The van der Waals surface area contributed by atoms with Gasteiger partial charge in [0.1, 0.15) is 0 Å². The maximum atomic E-state index is 5.24. The molecule has 0 saturated carbocycles. The van der Waals surface area contributed by atoms with Gasteiger partial charge in [-0.1, -0.05) is 121 Å². The van der Waals surface area contributed by atoms with Crippen LogP contribution in [0.25, 0.3) is 92.2 Å². The lowest BCUT2D eigenvalue weighted by molar-refractivity contribution is 0.954. The fourth-order valence-electron chi connectivity index (χ4n) is 6.94. The Morgan fingerprint density at radius 3 is 1.67 bits per heavy atom. The summed E-state index contributed by atoms with van der Waals surface area (Å²) in [7, 11) is 0. The van der Waals surface area contributed by atoms with Gasteiger partial charge in [-0.15, -0.1) is 11.3 Å². The van der Waals surface area contributed by atoms with Crippen molar-refractivity contribution in [2.24, 2.45) is 0 Å². The van der Waals surface area contributed by atoms with Gasteiger partial charge in [-0.2, -0.15) is 9.97 Å². The van der Waals surface area contributed by atoms with E-state index < -0.39 is 0 Å². The molecule has 10 rings (SSSR count). The van der Waals surface area contributed by atoms with Crippen LogP contribution in [0.1, 0.15) is 0 Å². The first kappa shape index (κ1) is 25.4. The quantitative estimate of drug-likeness (QED) is 0.201. The van der Waals surface area contributed by atoms with Crippen molar-refractivity contribution in [3.05, 3.63) is 146 Å². The van der Waals surface area contributed by atoms with Crippen LogP contribution in [-0.4, -0.2) is 19.5 Å². The lowest BCUT2D eigenvalue weighted by atomic mass is 10.00. The number of aromatic nitrogens is 4. The Morgan fingerprint density at radius 1 is 0.413 bits per heavy atom. The summed E-state index contributed by atoms with van der Waals surface area (Å²) in [6.45, 7) is 0. The van der Waals surface area contributed by atoms with E-state index in [1.807, 2.05) is 18.2 Å². The maximum Gasteiger partial charge on any atom is 0.238 e. The number of benzene rings is 7. The zero-order valence-electron chi connectivity index (χ0n) is 24.6. The Morgan fingerprint density at radius 2 is 0.978 bits per heavy atom. The second-order valence-corrected chi connectivity index (χ2v) is 12.7. The largest absolute Gasteiger partial charge is 0.278 e. The van der Waals surface area contributed by atoms with Crippen LogP contribution in [0.4, 0.5) is 0 Å². The molecule has 0 aliphatic carbocycles. The predicted molar refractivity (Wildman–Crippen MR) is 193 cm³/mol. The van der Waals surface area contributed by atoms with Crippen LogP contribution in [0.2, 0.25) is 0 Å². The normalized spacial score (nSPS) is 11.9. The molecule has 0 unspecified atom stereocenters. The SMILES string of the molecule is c1ccc(-c2nc(-c3ccc4c(c3)sc3ccccc34)nc(-n3c4ccc5ccccc5c4c4c5ccccc5ccc43)n2)cc1. The number of hydrogen-bond acceptors (Lipinski definition) is 4. The molecule has 0 radical (unpaired) electrons. The van der Waals surface area contributed by atoms with Gasteiger partial charge in [0.05, 0.1) is 11.0 Å². The van der Waals surface area contributed by atoms with Gasteiger partial charge in [-0.25, -0.2) is 4.98 Å². The summed E-state index contributed by atoms with van der Waals surface area (Å²) < 4.78 is 4.72. The summed E-state index contributed by atoms with van der Waals surface area (Å²) >= 11 is 1.80. The molecular formula is C41H24N4S. The number of hydrogen-bond donors (Lipinski definition) is 0. The van der Waals surface area contributed by atoms with Crippen molar-refractivity contribution < 1.29 is 0 Å². The van der Waals surface area contributed by atoms with E-state index in [0.717, 1.165) is 22.2 Å². The fourth-order valence-corrected chi connectivity index (χ4v) is 8.08. The van der Waals surface area contributed by atoms with E-state index in [9.17, 15) is 0 Å². The van der Waals surface area contributed by atoms with E-state index in [-0.39, 0.29) is 0 Å². The first-order chi connectivity index (χ1) is 22.8. The average molecular weight is 605 g/mol. The Balaban J connectivity index is 1.31. The van der Waals surface area contributed by atoms with Crippen LogP contribution in [0, 0.1) is 0 Å². The van der Waals surface area contributed by atoms with Gasteiger partial charge in [-0.3, -0.25) is 4.57 Å². The van der Waals surface area contributed by atoms with Gasteiger partial charge in [0.25, 0.3) is 0 Å². The molecule has 0 N–H and O–H groups in total. The molecule has 0 saturated heterocycles. The summed E-state index contributed by atoms with van der Waals surface area (Å²) in [5.74, 6) is 1.90. The maximum absolute atomic E-state index is 5.24. The molecule has 4 nitrogen and oxygen atoms in total. The molecule has 0 spiro atoms. The third kappa shape index (κ3) is 3.76. The highest BCUT2D eigenvalue weighted by Gasteiger charge is 2.21. The molecule has 0 aliphatic rings. The Bertz CT molecular complexity index is 2720. The fraction of sp³-hybridized carbons (Fsp3) is 0. The summed E-state index contributed by atoms with van der Waals surface area (Å²) in [4.78, 5) is 15.5. The summed E-state index contributed by atoms with van der Waals surface area (Å²) in [5, 5.41) is 9.79. The van der Waals surface area contributed by atoms with E-state index >= 15 is 0 Å². The Kier molecular flexibility index (Phi) is 5.41. The van der Waals surface area contributed by atoms with Crippen LogP contribution >= 0.6 is 11.3 Å². The Labute approximate surface area is 267 Å². The van der Waals surface area contributed by atoms with Gasteiger partial charge < -0.3 is 0 Å². The van der Waals surface area contributed by atoms with E-state index in [0.29, 0.717) is 17.6 Å². The molecule has 0 fully saturated rings. The second kappa shape index (κ2) is 9.80. The van der Waals surface area contributed by atoms with Gasteiger partial charge in [0.15, 0.2) is 11.6 Å². The van der Waals surface area contributed by atoms with Crippen molar-refractivity contribution in [2.75, 3.05) is 0 Å². The van der Waals surface area contributed by atoms with Crippen molar-refractivity contribution in [3.63, 3.8) is 0 Å². The Hall–Kier alpha value is -5.91. The smallest absolute Gasteiger partial charge is 0.238 e. The highest BCUT2D eigenvalue weighted by atomic mass is 32.1. The standard InChI is InChI=1S/C41H24N4S/c1-2-12-27(13-3-1)39-42-40(28-18-21-32-31-16-8-9-17-35(31)46-36(32)24-28)44-41(43-39)45-33-22-19-25-10-4-6-14-29(25)37(33)38-30-15-7-5-11-26(30)20-23-34(38)45/h1-24H. The molecule has 46 heavy (non-hydrogen) atoms. The second-order valence-electron chi connectivity index (χ2n) is 11.7. The van der Waals surface area contributed by atoms with Crippen LogP contribution < -0.4 is 0 Å². The molecule has 10 aromatic rings. The molecular weight excluding hydrogens is 581 g/mol. The minimum Gasteiger partial charge on any atom is -0.278 e. The first-order valence-electron chi connectivity index (χ1n) is 15.4. The van der Waals surface area contributed by atoms with Crippen molar-refractivity contribution in [3.8, 4) is 28.7 Å². The molecule has 0 aliphatic heterocycles. The van der Waals surface area contributed by atoms with Crippen LogP contribution in [-0.2, 0) is 0 Å². The number of nitrogens with zero attached hydrogens (tertiary/aromatic N) is 4. The molecule has 3 heterocycles. The van der Waals surface area contributed by atoms with Crippen molar-refractivity contribution in [2.45, 2.75) is 0 Å². The van der Waals surface area contributed by atoms with Crippen LogP contribution in [0.3, 0.4) is 0 Å². The summed E-state index contributed by atoms with van der Waals surface area (Å²) in [6, 6.07) is 51.4. The van der Waals surface area contributed by atoms with Gasteiger partial charge >= 0.3 is 0 Å². The minimum atomic E-state index is 0.603. The molecule has 0 bridgehead atoms.